The van der Waals surface area contributed by atoms with Crippen molar-refractivity contribution in [1.29, 1.82) is 0 Å². The molecule has 1 aliphatic rings. The summed E-state index contributed by atoms with van der Waals surface area (Å²) in [5.41, 5.74) is 8.94. The Balaban J connectivity index is 1.02. The van der Waals surface area contributed by atoms with Crippen LogP contribution in [-0.4, -0.2) is 51.4 Å². The lowest BCUT2D eigenvalue weighted by Gasteiger charge is -2.24. The first-order valence-corrected chi connectivity index (χ1v) is 21.0. The number of benzene rings is 6. The van der Waals surface area contributed by atoms with Crippen molar-refractivity contribution in [2.45, 2.75) is 57.2 Å². The molecule has 0 aliphatic heterocycles. The van der Waals surface area contributed by atoms with Crippen molar-refractivity contribution in [2.75, 3.05) is 27.4 Å². The third-order valence-electron chi connectivity index (χ3n) is 11.3. The molecule has 0 spiro atoms. The van der Waals surface area contributed by atoms with Crippen molar-refractivity contribution in [3.8, 4) is 28.4 Å². The van der Waals surface area contributed by atoms with E-state index in [0.717, 1.165) is 57.3 Å². The Morgan fingerprint density at radius 1 is 0.629 bits per heavy atom. The van der Waals surface area contributed by atoms with Crippen LogP contribution in [0.1, 0.15) is 83.1 Å². The van der Waals surface area contributed by atoms with Crippen molar-refractivity contribution >= 4 is 17.9 Å². The quantitative estimate of drug-likeness (QED) is 0.0789. The average molecular weight is 832 g/mol. The molecule has 3 unspecified atom stereocenters. The molecule has 0 saturated heterocycles. The average Bonchev–Trinajstić information content (AvgIpc) is 3.63. The van der Waals surface area contributed by atoms with E-state index in [0.29, 0.717) is 29.2 Å². The first kappa shape index (κ1) is 43.0. The lowest BCUT2D eigenvalue weighted by Crippen LogP contribution is -2.49. The lowest BCUT2D eigenvalue weighted by molar-refractivity contribution is -0.130. The van der Waals surface area contributed by atoms with Crippen LogP contribution in [0, 0.1) is 6.92 Å². The molecule has 0 aromatic heterocycles. The molecule has 3 amide bonds. The number of carbonyl (C=O) groups is 3. The second-order valence-electron chi connectivity index (χ2n) is 15.4. The van der Waals surface area contributed by atoms with Crippen molar-refractivity contribution in [1.82, 2.24) is 16.0 Å². The number of rotatable bonds is 18. The van der Waals surface area contributed by atoms with E-state index < -0.39 is 24.1 Å². The van der Waals surface area contributed by atoms with Crippen molar-refractivity contribution in [2.24, 2.45) is 0 Å². The third kappa shape index (κ3) is 10.3. The number of unbranched alkanes of at least 4 members (excludes halogenated alkanes) is 1. The standard InChI is InChI=1S/C52H53N3O7/c1-5-6-20-46(51(57)54-49(35-14-8-7-9-15-35)36-23-21-34(2)22-24-36)53-48(56)33-61-38-27-25-37(26-28-38)50(44-30-29-39(59-3)31-47(44)60-4)55-52(58)62-32-45-42-18-12-10-16-40(42)41-17-11-13-19-43(41)45/h7-19,21-31,45-46,49-50H,5-6,20,32-33H2,1-4H3,(H,53,56)(H,54,57)(H,55,58). The van der Waals surface area contributed by atoms with E-state index in [1.165, 1.54) is 0 Å². The molecule has 3 atom stereocenters. The highest BCUT2D eigenvalue weighted by Gasteiger charge is 2.30. The van der Waals surface area contributed by atoms with Gasteiger partial charge in [-0.1, -0.05) is 141 Å². The van der Waals surface area contributed by atoms with Crippen LogP contribution in [0.15, 0.2) is 146 Å². The minimum atomic E-state index is -0.755. The summed E-state index contributed by atoms with van der Waals surface area (Å²) in [7, 11) is 3.14. The van der Waals surface area contributed by atoms with Gasteiger partial charge in [0.05, 0.1) is 26.3 Å². The molecule has 0 heterocycles. The summed E-state index contributed by atoms with van der Waals surface area (Å²) >= 11 is 0. The van der Waals surface area contributed by atoms with Crippen LogP contribution >= 0.6 is 0 Å². The van der Waals surface area contributed by atoms with E-state index in [4.69, 9.17) is 18.9 Å². The Morgan fingerprint density at radius 3 is 1.87 bits per heavy atom. The molecule has 62 heavy (non-hydrogen) atoms. The largest absolute Gasteiger partial charge is 0.497 e. The summed E-state index contributed by atoms with van der Waals surface area (Å²) in [4.78, 5) is 40.9. The fourth-order valence-electron chi connectivity index (χ4n) is 7.98. The first-order valence-electron chi connectivity index (χ1n) is 21.0. The van der Waals surface area contributed by atoms with Crippen molar-refractivity contribution in [3.63, 3.8) is 0 Å². The Kier molecular flexibility index (Phi) is 14.2. The van der Waals surface area contributed by atoms with E-state index >= 15 is 0 Å². The summed E-state index contributed by atoms with van der Waals surface area (Å²) in [6.07, 6.45) is 1.50. The minimum Gasteiger partial charge on any atom is -0.497 e. The van der Waals surface area contributed by atoms with Gasteiger partial charge in [0.15, 0.2) is 6.61 Å². The number of alkyl carbamates (subject to hydrolysis) is 1. The van der Waals surface area contributed by atoms with Crippen molar-refractivity contribution < 1.29 is 33.3 Å². The van der Waals surface area contributed by atoms with Crippen LogP contribution < -0.4 is 30.2 Å². The number of methoxy groups -OCH3 is 2. The number of hydrogen-bond donors (Lipinski definition) is 3. The van der Waals surface area contributed by atoms with Gasteiger partial charge in [-0.15, -0.1) is 0 Å². The first-order chi connectivity index (χ1) is 30.3. The molecule has 7 rings (SSSR count). The molecule has 10 heteroatoms. The highest BCUT2D eigenvalue weighted by atomic mass is 16.5. The normalized spacial score (nSPS) is 13.1. The molecule has 10 nitrogen and oxygen atoms in total. The number of aryl methyl sites for hydroxylation is 1. The number of amides is 3. The smallest absolute Gasteiger partial charge is 0.407 e. The molecule has 0 saturated carbocycles. The second kappa shape index (κ2) is 20.5. The van der Waals surface area contributed by atoms with Gasteiger partial charge in [0.25, 0.3) is 5.91 Å². The van der Waals surface area contributed by atoms with E-state index in [9.17, 15) is 14.4 Å². The SMILES string of the molecule is CCCCC(NC(=O)COc1ccc(C(NC(=O)OCC2c3ccccc3-c3ccccc32)c2ccc(OC)cc2OC)cc1)C(=O)NC(c1ccccc1)c1ccc(C)cc1. The van der Waals surface area contributed by atoms with E-state index in [-0.39, 0.29) is 31.1 Å². The summed E-state index contributed by atoms with van der Waals surface area (Å²) in [6.45, 7) is 3.92. The predicted molar refractivity (Wildman–Crippen MR) is 241 cm³/mol. The Bertz CT molecular complexity index is 2410. The molecular weight excluding hydrogens is 779 g/mol. The van der Waals surface area contributed by atoms with Crippen LogP contribution in [0.4, 0.5) is 4.79 Å². The Hall–Kier alpha value is -7.07. The Labute approximate surface area is 363 Å². The lowest BCUT2D eigenvalue weighted by atomic mass is 9.97. The van der Waals surface area contributed by atoms with Crippen molar-refractivity contribution in [3.05, 3.63) is 185 Å². The van der Waals surface area contributed by atoms with E-state index in [1.807, 2.05) is 111 Å². The summed E-state index contributed by atoms with van der Waals surface area (Å²) in [6, 6.07) is 44.9. The molecule has 1 aliphatic carbocycles. The van der Waals surface area contributed by atoms with Gasteiger partial charge >= 0.3 is 6.09 Å². The molecular formula is C52H53N3O7. The van der Waals surface area contributed by atoms with Crippen LogP contribution in [0.25, 0.3) is 11.1 Å². The maximum absolute atomic E-state index is 13.8. The molecule has 6 aromatic carbocycles. The third-order valence-corrected chi connectivity index (χ3v) is 11.3. The molecule has 0 fully saturated rings. The summed E-state index contributed by atoms with van der Waals surface area (Å²) in [5, 5.41) is 9.18. The molecule has 0 bridgehead atoms. The van der Waals surface area contributed by atoms with Crippen LogP contribution in [0.3, 0.4) is 0 Å². The maximum Gasteiger partial charge on any atom is 0.407 e. The molecule has 6 aromatic rings. The summed E-state index contributed by atoms with van der Waals surface area (Å²) in [5.74, 6) is 0.759. The van der Waals surface area contributed by atoms with Gasteiger partial charge in [0.1, 0.15) is 29.9 Å². The maximum atomic E-state index is 13.8. The topological polar surface area (TPSA) is 124 Å². The monoisotopic (exact) mass is 831 g/mol. The zero-order chi connectivity index (χ0) is 43.4. The molecule has 318 valence electrons. The Morgan fingerprint density at radius 2 is 1.23 bits per heavy atom. The number of nitrogens with one attached hydrogen (secondary N) is 3. The zero-order valence-electron chi connectivity index (χ0n) is 35.6. The van der Waals surface area contributed by atoms with Gasteiger partial charge in [0, 0.05) is 17.5 Å². The van der Waals surface area contributed by atoms with Gasteiger partial charge in [-0.05, 0) is 76.6 Å². The number of hydrogen-bond acceptors (Lipinski definition) is 7. The van der Waals surface area contributed by atoms with E-state index in [2.05, 4.69) is 40.2 Å². The van der Waals surface area contributed by atoms with Crippen LogP contribution in [-0.2, 0) is 14.3 Å². The molecule has 3 N–H and O–H groups in total. The van der Waals surface area contributed by atoms with Gasteiger partial charge in [-0.3, -0.25) is 9.59 Å². The fraction of sp³-hybridized carbons (Fsp3) is 0.250. The fourth-order valence-corrected chi connectivity index (χ4v) is 7.98. The van der Waals surface area contributed by atoms with Crippen LogP contribution in [0.2, 0.25) is 0 Å². The van der Waals surface area contributed by atoms with Gasteiger partial charge in [-0.2, -0.15) is 0 Å². The summed E-state index contributed by atoms with van der Waals surface area (Å²) < 4.78 is 23.1. The van der Waals surface area contributed by atoms with Gasteiger partial charge in [0.2, 0.25) is 5.91 Å². The highest BCUT2D eigenvalue weighted by molar-refractivity contribution is 5.88. The molecule has 0 radical (unpaired) electrons. The zero-order valence-corrected chi connectivity index (χ0v) is 35.6. The van der Waals surface area contributed by atoms with Gasteiger partial charge in [-0.25, -0.2) is 4.79 Å². The predicted octanol–water partition coefficient (Wildman–Crippen LogP) is 9.60. The second-order valence-corrected chi connectivity index (χ2v) is 15.4. The number of ether oxygens (including phenoxy) is 4. The number of fused-ring (bicyclic) bond motifs is 3. The van der Waals surface area contributed by atoms with E-state index in [1.54, 1.807) is 38.5 Å². The highest BCUT2D eigenvalue weighted by Crippen LogP contribution is 2.44. The van der Waals surface area contributed by atoms with Crippen LogP contribution in [0.5, 0.6) is 17.2 Å². The van der Waals surface area contributed by atoms with Gasteiger partial charge < -0.3 is 34.9 Å². The minimum absolute atomic E-state index is 0.100. The number of carbonyl (C=O) groups excluding carboxylic acids is 3.